The van der Waals surface area contributed by atoms with E-state index in [1.54, 1.807) is 0 Å². The van der Waals surface area contributed by atoms with Gasteiger partial charge in [0.05, 0.1) is 34.1 Å². The van der Waals surface area contributed by atoms with Crippen LogP contribution in [0.15, 0.2) is 77.7 Å². The fourth-order valence-corrected chi connectivity index (χ4v) is 4.31. The molecular formula is C22H17F3N2O6S. The number of sulfonamides is 1. The number of hydrogen-bond donors (Lipinski definition) is 1. The van der Waals surface area contributed by atoms with Gasteiger partial charge in [-0.05, 0) is 47.5 Å². The topological polar surface area (TPSA) is 116 Å². The number of nitrogens with one attached hydrogen (secondary N) is 1. The van der Waals surface area contributed by atoms with Crippen LogP contribution in [0.25, 0.3) is 0 Å². The minimum absolute atomic E-state index is 0.190. The number of nitro benzene ring substituents is 1. The maximum atomic E-state index is 13.0. The second kappa shape index (κ2) is 9.61. The van der Waals surface area contributed by atoms with Gasteiger partial charge in [0, 0.05) is 12.1 Å². The molecule has 0 fully saturated rings. The van der Waals surface area contributed by atoms with Gasteiger partial charge in [0.25, 0.3) is 5.69 Å². The van der Waals surface area contributed by atoms with Gasteiger partial charge in [-0.25, -0.2) is 13.2 Å². The first-order valence-corrected chi connectivity index (χ1v) is 11.0. The molecule has 1 N–H and O–H groups in total. The van der Waals surface area contributed by atoms with E-state index in [9.17, 15) is 36.5 Å². The van der Waals surface area contributed by atoms with Gasteiger partial charge in [0.2, 0.25) is 10.0 Å². The first-order valence-electron chi connectivity index (χ1n) is 9.54. The summed E-state index contributed by atoms with van der Waals surface area (Å²) < 4.78 is 71.9. The third-order valence-corrected chi connectivity index (χ3v) is 6.31. The van der Waals surface area contributed by atoms with E-state index in [-0.39, 0.29) is 21.7 Å². The number of esters is 1. The van der Waals surface area contributed by atoms with Crippen LogP contribution in [0.1, 0.15) is 33.1 Å². The van der Waals surface area contributed by atoms with Gasteiger partial charge in [0.1, 0.15) is 0 Å². The molecule has 0 radical (unpaired) electrons. The number of nitrogens with zero attached hydrogens (tertiary/aromatic N) is 1. The minimum Gasteiger partial charge on any atom is -0.465 e. The van der Waals surface area contributed by atoms with Crippen molar-refractivity contribution in [1.82, 2.24) is 4.72 Å². The lowest BCUT2D eigenvalue weighted by molar-refractivity contribution is -0.384. The molecule has 34 heavy (non-hydrogen) atoms. The average Bonchev–Trinajstić information content (AvgIpc) is 2.82. The predicted octanol–water partition coefficient (Wildman–Crippen LogP) is 4.47. The van der Waals surface area contributed by atoms with Crippen molar-refractivity contribution in [2.75, 3.05) is 7.11 Å². The van der Waals surface area contributed by atoms with Crippen molar-refractivity contribution >= 4 is 21.7 Å². The molecule has 0 amide bonds. The summed E-state index contributed by atoms with van der Waals surface area (Å²) in [5, 5.41) is 10.8. The van der Waals surface area contributed by atoms with Gasteiger partial charge in [-0.2, -0.15) is 17.9 Å². The van der Waals surface area contributed by atoms with Crippen molar-refractivity contribution in [1.29, 1.82) is 0 Å². The molecule has 1 atom stereocenters. The third kappa shape index (κ3) is 5.58. The van der Waals surface area contributed by atoms with Crippen molar-refractivity contribution in [2.45, 2.75) is 17.1 Å². The Morgan fingerprint density at radius 3 is 1.88 bits per heavy atom. The first kappa shape index (κ1) is 24.9. The van der Waals surface area contributed by atoms with Crippen molar-refractivity contribution in [3.63, 3.8) is 0 Å². The van der Waals surface area contributed by atoms with E-state index in [0.717, 1.165) is 48.5 Å². The summed E-state index contributed by atoms with van der Waals surface area (Å²) in [6.07, 6.45) is -4.57. The Hall–Kier alpha value is -3.77. The van der Waals surface area contributed by atoms with Crippen molar-refractivity contribution in [2.24, 2.45) is 0 Å². The van der Waals surface area contributed by atoms with Crippen molar-refractivity contribution in [3.05, 3.63) is 105 Å². The number of halogens is 3. The highest BCUT2D eigenvalue weighted by atomic mass is 32.2. The first-order chi connectivity index (χ1) is 15.9. The largest absolute Gasteiger partial charge is 0.465 e. The molecule has 8 nitrogen and oxygen atoms in total. The smallest absolute Gasteiger partial charge is 0.416 e. The number of ether oxygens (including phenoxy) is 1. The SMILES string of the molecule is COC(=O)c1ccc(C(NS(=O)(=O)c2ccc([N+](=O)[O-])cc2)c2ccc(C(F)(F)F)cc2)cc1. The molecule has 0 aliphatic carbocycles. The van der Waals surface area contributed by atoms with Gasteiger partial charge in [0.15, 0.2) is 0 Å². The predicted molar refractivity (Wildman–Crippen MR) is 114 cm³/mol. The van der Waals surface area contributed by atoms with Gasteiger partial charge in [-0.15, -0.1) is 0 Å². The normalized spacial score (nSPS) is 12.7. The molecule has 0 aromatic heterocycles. The Labute approximate surface area is 192 Å². The van der Waals surface area contributed by atoms with E-state index in [4.69, 9.17) is 0 Å². The van der Waals surface area contributed by atoms with E-state index < -0.39 is 38.7 Å². The Kier molecular flexibility index (Phi) is 7.03. The highest BCUT2D eigenvalue weighted by molar-refractivity contribution is 7.89. The van der Waals surface area contributed by atoms with Gasteiger partial charge < -0.3 is 4.74 Å². The fourth-order valence-electron chi connectivity index (χ4n) is 3.09. The monoisotopic (exact) mass is 494 g/mol. The molecule has 0 spiro atoms. The molecule has 3 rings (SSSR count). The molecule has 178 valence electrons. The molecule has 0 aliphatic heterocycles. The van der Waals surface area contributed by atoms with Crippen LogP contribution in [0, 0.1) is 10.1 Å². The quantitative estimate of drug-likeness (QED) is 0.294. The van der Waals surface area contributed by atoms with E-state index in [1.165, 1.54) is 31.4 Å². The lowest BCUT2D eigenvalue weighted by Gasteiger charge is -2.21. The number of hydrogen-bond acceptors (Lipinski definition) is 6. The lowest BCUT2D eigenvalue weighted by atomic mass is 9.97. The summed E-state index contributed by atoms with van der Waals surface area (Å²) in [4.78, 5) is 21.6. The molecule has 0 heterocycles. The zero-order chi connectivity index (χ0) is 25.1. The van der Waals surface area contributed by atoms with Crippen LogP contribution in [-0.2, 0) is 20.9 Å². The number of methoxy groups -OCH3 is 1. The molecule has 3 aromatic carbocycles. The fraction of sp³-hybridized carbons (Fsp3) is 0.136. The number of carbonyl (C=O) groups is 1. The van der Waals surface area contributed by atoms with Crippen LogP contribution in [0.2, 0.25) is 0 Å². The summed E-state index contributed by atoms with van der Waals surface area (Å²) in [5.74, 6) is -0.621. The summed E-state index contributed by atoms with van der Waals surface area (Å²) in [6, 6.07) is 12.6. The number of rotatable bonds is 7. The maximum Gasteiger partial charge on any atom is 0.416 e. The zero-order valence-corrected chi connectivity index (χ0v) is 18.3. The van der Waals surface area contributed by atoms with Crippen molar-refractivity contribution < 1.29 is 36.0 Å². The average molecular weight is 494 g/mol. The standard InChI is InChI=1S/C22H17F3N2O6S/c1-33-21(28)16-4-2-14(3-5-16)20(15-6-8-17(9-7-15)22(23,24)25)26-34(31,32)19-12-10-18(11-13-19)27(29)30/h2-13,20,26H,1H3. The van der Waals surface area contributed by atoms with Crippen LogP contribution in [0.3, 0.4) is 0 Å². The molecule has 1 unspecified atom stereocenters. The van der Waals surface area contributed by atoms with Crippen LogP contribution < -0.4 is 4.72 Å². The van der Waals surface area contributed by atoms with E-state index in [1.807, 2.05) is 0 Å². The zero-order valence-electron chi connectivity index (χ0n) is 17.4. The molecule has 0 bridgehead atoms. The Balaban J connectivity index is 2.02. The minimum atomic E-state index is -4.57. The Morgan fingerprint density at radius 2 is 1.44 bits per heavy atom. The van der Waals surface area contributed by atoms with Gasteiger partial charge in [-0.1, -0.05) is 24.3 Å². The molecule has 0 saturated carbocycles. The molecule has 0 saturated heterocycles. The number of carbonyl (C=O) groups excluding carboxylic acids is 1. The Morgan fingerprint density at radius 1 is 0.941 bits per heavy atom. The molecular weight excluding hydrogens is 477 g/mol. The molecule has 12 heteroatoms. The lowest BCUT2D eigenvalue weighted by Crippen LogP contribution is -2.29. The molecule has 3 aromatic rings. The number of non-ortho nitro benzene ring substituents is 1. The van der Waals surface area contributed by atoms with E-state index in [0.29, 0.717) is 5.56 Å². The van der Waals surface area contributed by atoms with Crippen molar-refractivity contribution in [3.8, 4) is 0 Å². The van der Waals surface area contributed by atoms with Crippen LogP contribution >= 0.6 is 0 Å². The second-order valence-electron chi connectivity index (χ2n) is 7.04. The maximum absolute atomic E-state index is 13.0. The van der Waals surface area contributed by atoms with Gasteiger partial charge >= 0.3 is 12.1 Å². The van der Waals surface area contributed by atoms with E-state index >= 15 is 0 Å². The Bertz CT molecular complexity index is 1290. The summed E-state index contributed by atoms with van der Waals surface area (Å²) in [5.41, 5.74) is -0.497. The summed E-state index contributed by atoms with van der Waals surface area (Å²) in [6.45, 7) is 0. The van der Waals surface area contributed by atoms with E-state index in [2.05, 4.69) is 9.46 Å². The summed E-state index contributed by atoms with van der Waals surface area (Å²) >= 11 is 0. The summed E-state index contributed by atoms with van der Waals surface area (Å²) in [7, 11) is -3.06. The number of alkyl halides is 3. The second-order valence-corrected chi connectivity index (χ2v) is 8.75. The third-order valence-electron chi connectivity index (χ3n) is 4.87. The molecule has 0 aliphatic rings. The number of nitro groups is 1. The highest BCUT2D eigenvalue weighted by Crippen LogP contribution is 2.32. The number of benzene rings is 3. The van der Waals surface area contributed by atoms with Crippen LogP contribution in [0.4, 0.5) is 18.9 Å². The van der Waals surface area contributed by atoms with Crippen LogP contribution in [0.5, 0.6) is 0 Å². The van der Waals surface area contributed by atoms with Crippen LogP contribution in [-0.4, -0.2) is 26.4 Å². The van der Waals surface area contributed by atoms with Gasteiger partial charge in [-0.3, -0.25) is 10.1 Å². The highest BCUT2D eigenvalue weighted by Gasteiger charge is 2.31.